The van der Waals surface area contributed by atoms with E-state index in [1.807, 2.05) is 0 Å². The van der Waals surface area contributed by atoms with Crippen LogP contribution in [0.4, 0.5) is 0 Å². The van der Waals surface area contributed by atoms with E-state index in [-0.39, 0.29) is 6.04 Å². The van der Waals surface area contributed by atoms with E-state index in [1.165, 1.54) is 0 Å². The summed E-state index contributed by atoms with van der Waals surface area (Å²) in [6, 6.07) is 0.792. The standard InChI is InChI=1S/C6H11NO/c1-5(2)7-3-6(7)4-8/h4-6H,3H2,1-2H3. The molecule has 0 aliphatic carbocycles. The molecule has 2 nitrogen and oxygen atoms in total. The fourth-order valence-corrected chi connectivity index (χ4v) is 0.884. The molecule has 0 saturated carbocycles. The SMILES string of the molecule is CC(C)N1CC1C=O. The predicted octanol–water partition coefficient (Wildman–Crippen LogP) is 0.278. The monoisotopic (exact) mass is 113 g/mol. The van der Waals surface area contributed by atoms with Gasteiger partial charge in [-0.15, -0.1) is 0 Å². The van der Waals surface area contributed by atoms with Crippen LogP contribution in [0.3, 0.4) is 0 Å². The van der Waals surface area contributed by atoms with Crippen LogP contribution < -0.4 is 0 Å². The topological polar surface area (TPSA) is 20.1 Å². The summed E-state index contributed by atoms with van der Waals surface area (Å²) in [7, 11) is 0. The van der Waals surface area contributed by atoms with E-state index in [1.54, 1.807) is 0 Å². The normalized spacial score (nSPS) is 35.4. The smallest absolute Gasteiger partial charge is 0.138 e. The highest BCUT2D eigenvalue weighted by atomic mass is 16.1. The van der Waals surface area contributed by atoms with Crippen LogP contribution in [-0.2, 0) is 4.79 Å². The van der Waals surface area contributed by atoms with E-state index in [0.717, 1.165) is 12.8 Å². The lowest BCUT2D eigenvalue weighted by Crippen LogP contribution is -2.12. The number of aldehydes is 1. The molecule has 1 saturated heterocycles. The molecule has 46 valence electrons. The Labute approximate surface area is 49.5 Å². The Morgan fingerprint density at radius 2 is 2.38 bits per heavy atom. The van der Waals surface area contributed by atoms with Crippen molar-refractivity contribution in [1.29, 1.82) is 0 Å². The van der Waals surface area contributed by atoms with Crippen molar-refractivity contribution in [2.75, 3.05) is 6.54 Å². The molecule has 0 aromatic carbocycles. The summed E-state index contributed by atoms with van der Waals surface area (Å²) in [5, 5.41) is 0. The van der Waals surface area contributed by atoms with Gasteiger partial charge in [0.1, 0.15) is 6.29 Å². The zero-order chi connectivity index (χ0) is 6.15. The van der Waals surface area contributed by atoms with E-state index >= 15 is 0 Å². The highest BCUT2D eigenvalue weighted by molar-refractivity contribution is 5.62. The Balaban J connectivity index is 2.26. The van der Waals surface area contributed by atoms with E-state index in [4.69, 9.17) is 0 Å². The van der Waals surface area contributed by atoms with Gasteiger partial charge in [0.15, 0.2) is 0 Å². The van der Waals surface area contributed by atoms with Crippen LogP contribution in [0.5, 0.6) is 0 Å². The Bertz CT molecular complexity index is 101. The highest BCUT2D eigenvalue weighted by Gasteiger charge is 2.34. The molecule has 1 heterocycles. The van der Waals surface area contributed by atoms with Crippen molar-refractivity contribution >= 4 is 6.29 Å². The van der Waals surface area contributed by atoms with E-state index in [9.17, 15) is 4.79 Å². The molecule has 0 amide bonds. The predicted molar refractivity (Wildman–Crippen MR) is 31.7 cm³/mol. The lowest BCUT2D eigenvalue weighted by atomic mass is 10.4. The van der Waals surface area contributed by atoms with Crippen LogP contribution in [-0.4, -0.2) is 29.8 Å². The van der Waals surface area contributed by atoms with Crippen LogP contribution in [0.25, 0.3) is 0 Å². The summed E-state index contributed by atoms with van der Waals surface area (Å²) in [5.74, 6) is 0. The fourth-order valence-electron chi connectivity index (χ4n) is 0.884. The van der Waals surface area contributed by atoms with Gasteiger partial charge < -0.3 is 4.79 Å². The van der Waals surface area contributed by atoms with Crippen molar-refractivity contribution in [2.45, 2.75) is 25.9 Å². The Morgan fingerprint density at radius 1 is 1.75 bits per heavy atom. The molecule has 1 aliphatic heterocycles. The molecule has 2 heteroatoms. The maximum absolute atomic E-state index is 10.0. The first kappa shape index (κ1) is 5.76. The van der Waals surface area contributed by atoms with Crippen molar-refractivity contribution < 1.29 is 4.79 Å². The maximum atomic E-state index is 10.0. The zero-order valence-electron chi connectivity index (χ0n) is 5.29. The first-order valence-electron chi connectivity index (χ1n) is 2.96. The molecule has 2 unspecified atom stereocenters. The molecule has 0 N–H and O–H groups in total. The van der Waals surface area contributed by atoms with Gasteiger partial charge in [-0.25, -0.2) is 0 Å². The maximum Gasteiger partial charge on any atom is 0.138 e. The largest absolute Gasteiger partial charge is 0.302 e. The third-order valence-corrected chi connectivity index (χ3v) is 1.51. The first-order chi connectivity index (χ1) is 3.75. The van der Waals surface area contributed by atoms with Gasteiger partial charge in [0.25, 0.3) is 0 Å². The summed E-state index contributed by atoms with van der Waals surface area (Å²) in [6.45, 7) is 5.17. The molecular formula is C6H11NO. The van der Waals surface area contributed by atoms with E-state index < -0.39 is 0 Å². The molecule has 1 fully saturated rings. The van der Waals surface area contributed by atoms with Crippen LogP contribution in [0, 0.1) is 0 Å². The summed E-state index contributed by atoms with van der Waals surface area (Å²) < 4.78 is 0. The van der Waals surface area contributed by atoms with Crippen molar-refractivity contribution in [3.05, 3.63) is 0 Å². The van der Waals surface area contributed by atoms with Gasteiger partial charge in [0, 0.05) is 12.6 Å². The molecule has 0 aromatic heterocycles. The highest BCUT2D eigenvalue weighted by Crippen LogP contribution is 2.17. The quantitative estimate of drug-likeness (QED) is 0.378. The Morgan fingerprint density at radius 3 is 2.50 bits per heavy atom. The minimum absolute atomic E-state index is 0.245. The number of rotatable bonds is 2. The molecule has 2 atom stereocenters. The number of nitrogens with zero attached hydrogens (tertiary/aromatic N) is 1. The van der Waals surface area contributed by atoms with Crippen LogP contribution in [0.2, 0.25) is 0 Å². The third-order valence-electron chi connectivity index (χ3n) is 1.51. The molecule has 0 aromatic rings. The van der Waals surface area contributed by atoms with Crippen LogP contribution in [0.15, 0.2) is 0 Å². The second kappa shape index (κ2) is 1.86. The first-order valence-corrected chi connectivity index (χ1v) is 2.96. The Hall–Kier alpha value is -0.370. The van der Waals surface area contributed by atoms with Crippen molar-refractivity contribution in [3.63, 3.8) is 0 Å². The van der Waals surface area contributed by atoms with Gasteiger partial charge in [-0.1, -0.05) is 0 Å². The van der Waals surface area contributed by atoms with Crippen molar-refractivity contribution in [2.24, 2.45) is 0 Å². The molecule has 8 heavy (non-hydrogen) atoms. The van der Waals surface area contributed by atoms with Gasteiger partial charge >= 0.3 is 0 Å². The number of carbonyl (C=O) groups excluding carboxylic acids is 1. The number of hydrogen-bond acceptors (Lipinski definition) is 2. The fraction of sp³-hybridized carbons (Fsp3) is 0.833. The molecule has 0 bridgehead atoms. The van der Waals surface area contributed by atoms with Gasteiger partial charge in [-0.05, 0) is 13.8 Å². The lowest BCUT2D eigenvalue weighted by molar-refractivity contribution is -0.108. The summed E-state index contributed by atoms with van der Waals surface area (Å²) >= 11 is 0. The summed E-state index contributed by atoms with van der Waals surface area (Å²) in [5.41, 5.74) is 0. The van der Waals surface area contributed by atoms with Gasteiger partial charge in [-0.3, -0.25) is 4.90 Å². The molecule has 0 radical (unpaired) electrons. The van der Waals surface area contributed by atoms with E-state index in [0.29, 0.717) is 6.04 Å². The molecular weight excluding hydrogens is 102 g/mol. The minimum atomic E-state index is 0.245. The molecule has 0 spiro atoms. The van der Waals surface area contributed by atoms with Crippen molar-refractivity contribution in [1.82, 2.24) is 4.90 Å². The second-order valence-corrected chi connectivity index (χ2v) is 2.49. The lowest BCUT2D eigenvalue weighted by Gasteiger charge is -2.02. The zero-order valence-corrected chi connectivity index (χ0v) is 5.29. The minimum Gasteiger partial charge on any atom is -0.302 e. The molecule has 1 aliphatic rings. The van der Waals surface area contributed by atoms with E-state index in [2.05, 4.69) is 18.7 Å². The van der Waals surface area contributed by atoms with Crippen LogP contribution in [0.1, 0.15) is 13.8 Å². The number of hydrogen-bond donors (Lipinski definition) is 0. The summed E-state index contributed by atoms with van der Waals surface area (Å²) in [4.78, 5) is 12.2. The second-order valence-electron chi connectivity index (χ2n) is 2.49. The van der Waals surface area contributed by atoms with Crippen LogP contribution >= 0.6 is 0 Å². The number of carbonyl (C=O) groups is 1. The van der Waals surface area contributed by atoms with Gasteiger partial charge in [-0.2, -0.15) is 0 Å². The summed E-state index contributed by atoms with van der Waals surface area (Å²) in [6.07, 6.45) is 1.01. The third kappa shape index (κ3) is 0.892. The van der Waals surface area contributed by atoms with Gasteiger partial charge in [0.05, 0.1) is 6.04 Å². The van der Waals surface area contributed by atoms with Crippen molar-refractivity contribution in [3.8, 4) is 0 Å². The average Bonchev–Trinajstić information content (AvgIpc) is 2.42. The average molecular weight is 113 g/mol. The Kier molecular flexibility index (Phi) is 1.34. The molecule has 1 rings (SSSR count). The van der Waals surface area contributed by atoms with Gasteiger partial charge in [0.2, 0.25) is 0 Å².